The number of nitrogens with one attached hydrogen (secondary N) is 1. The molecule has 0 aromatic heterocycles. The highest BCUT2D eigenvalue weighted by atomic mass is 16.1. The molecule has 0 atom stereocenters. The van der Waals surface area contributed by atoms with Crippen LogP contribution in [-0.4, -0.2) is 6.41 Å². The molecule has 1 N–H and O–H groups in total. The number of rotatable bonds is 5. The number of allylic oxidation sites excluding steroid dienone is 4. The summed E-state index contributed by atoms with van der Waals surface area (Å²) in [6.07, 6.45) is 8.76. The second kappa shape index (κ2) is 4.65. The summed E-state index contributed by atoms with van der Waals surface area (Å²) in [7, 11) is 0. The Morgan fingerprint density at radius 1 is 1.54 bits per heavy atom. The SMILES string of the molecule is C=C/C=C(NC=O)\C(=C/C)C1CC1. The summed E-state index contributed by atoms with van der Waals surface area (Å²) in [5.74, 6) is 0.642. The van der Waals surface area contributed by atoms with Gasteiger partial charge in [-0.2, -0.15) is 0 Å². The molecule has 0 aromatic rings. The lowest BCUT2D eigenvalue weighted by Gasteiger charge is -2.08. The predicted molar refractivity (Wildman–Crippen MR) is 54.0 cm³/mol. The van der Waals surface area contributed by atoms with Crippen LogP contribution in [0.25, 0.3) is 0 Å². The van der Waals surface area contributed by atoms with Crippen LogP contribution in [0.1, 0.15) is 19.8 Å². The normalized spacial score (nSPS) is 18.2. The lowest BCUT2D eigenvalue weighted by molar-refractivity contribution is -0.108. The third-order valence-corrected chi connectivity index (χ3v) is 2.14. The predicted octanol–water partition coefficient (Wildman–Crippen LogP) is 2.16. The van der Waals surface area contributed by atoms with Gasteiger partial charge >= 0.3 is 0 Å². The summed E-state index contributed by atoms with van der Waals surface area (Å²) >= 11 is 0. The Balaban J connectivity index is 2.77. The molecule has 1 aliphatic rings. The molecule has 70 valence electrons. The molecule has 1 amide bonds. The van der Waals surface area contributed by atoms with E-state index in [1.54, 1.807) is 6.08 Å². The van der Waals surface area contributed by atoms with E-state index in [2.05, 4.69) is 18.0 Å². The summed E-state index contributed by atoms with van der Waals surface area (Å²) in [5, 5.41) is 2.70. The Labute approximate surface area is 79.0 Å². The minimum absolute atomic E-state index is 0.642. The van der Waals surface area contributed by atoms with E-state index < -0.39 is 0 Å². The van der Waals surface area contributed by atoms with Gasteiger partial charge in [0.1, 0.15) is 0 Å². The first-order valence-corrected chi connectivity index (χ1v) is 4.53. The zero-order chi connectivity index (χ0) is 9.68. The van der Waals surface area contributed by atoms with Crippen molar-refractivity contribution < 1.29 is 4.79 Å². The van der Waals surface area contributed by atoms with Crippen LogP contribution >= 0.6 is 0 Å². The van der Waals surface area contributed by atoms with Crippen molar-refractivity contribution in [1.82, 2.24) is 5.32 Å². The van der Waals surface area contributed by atoms with Gasteiger partial charge in [-0.05, 0) is 37.3 Å². The summed E-state index contributed by atoms with van der Waals surface area (Å²) in [6.45, 7) is 5.62. The largest absolute Gasteiger partial charge is 0.328 e. The molecule has 0 unspecified atom stereocenters. The second-order valence-electron chi connectivity index (χ2n) is 3.10. The molecule has 0 spiro atoms. The summed E-state index contributed by atoms with van der Waals surface area (Å²) in [4.78, 5) is 10.3. The molecule has 1 fully saturated rings. The van der Waals surface area contributed by atoms with Gasteiger partial charge in [0.05, 0.1) is 0 Å². The molecule has 2 heteroatoms. The fourth-order valence-corrected chi connectivity index (χ4v) is 1.41. The quantitative estimate of drug-likeness (QED) is 0.506. The molecule has 0 bridgehead atoms. The number of amides is 1. The minimum atomic E-state index is 0.642. The van der Waals surface area contributed by atoms with Crippen LogP contribution in [0.3, 0.4) is 0 Å². The van der Waals surface area contributed by atoms with Crippen LogP contribution in [0.15, 0.2) is 36.1 Å². The van der Waals surface area contributed by atoms with Crippen LogP contribution in [-0.2, 0) is 4.79 Å². The van der Waals surface area contributed by atoms with Crippen molar-refractivity contribution >= 4 is 6.41 Å². The van der Waals surface area contributed by atoms with Crippen molar-refractivity contribution in [3.8, 4) is 0 Å². The van der Waals surface area contributed by atoms with Gasteiger partial charge < -0.3 is 5.32 Å². The molecule has 1 aliphatic carbocycles. The highest BCUT2D eigenvalue weighted by Crippen LogP contribution is 2.39. The fraction of sp³-hybridized carbons (Fsp3) is 0.364. The Kier molecular flexibility index (Phi) is 3.50. The highest BCUT2D eigenvalue weighted by Gasteiger charge is 2.27. The van der Waals surface area contributed by atoms with Crippen LogP contribution < -0.4 is 5.32 Å². The van der Waals surface area contributed by atoms with E-state index >= 15 is 0 Å². The first kappa shape index (κ1) is 9.78. The molecular formula is C11H15NO. The number of hydrogen-bond acceptors (Lipinski definition) is 1. The Morgan fingerprint density at radius 2 is 2.23 bits per heavy atom. The van der Waals surface area contributed by atoms with Crippen molar-refractivity contribution in [3.05, 3.63) is 36.1 Å². The molecule has 1 rings (SSSR count). The van der Waals surface area contributed by atoms with Gasteiger partial charge in [0.15, 0.2) is 0 Å². The van der Waals surface area contributed by atoms with Crippen LogP contribution in [0.5, 0.6) is 0 Å². The molecule has 0 aromatic carbocycles. The molecule has 2 nitrogen and oxygen atoms in total. The zero-order valence-corrected chi connectivity index (χ0v) is 7.92. The summed E-state index contributed by atoms with van der Waals surface area (Å²) < 4.78 is 0. The molecule has 1 saturated carbocycles. The van der Waals surface area contributed by atoms with E-state index in [-0.39, 0.29) is 0 Å². The van der Waals surface area contributed by atoms with Gasteiger partial charge in [0.25, 0.3) is 0 Å². The molecule has 0 aliphatic heterocycles. The first-order valence-electron chi connectivity index (χ1n) is 4.53. The smallest absolute Gasteiger partial charge is 0.211 e. The van der Waals surface area contributed by atoms with E-state index in [1.165, 1.54) is 18.4 Å². The zero-order valence-electron chi connectivity index (χ0n) is 7.92. The Hall–Kier alpha value is -1.31. The van der Waals surface area contributed by atoms with E-state index in [4.69, 9.17) is 0 Å². The molecular weight excluding hydrogens is 162 g/mol. The van der Waals surface area contributed by atoms with E-state index in [1.807, 2.05) is 13.0 Å². The lowest BCUT2D eigenvalue weighted by atomic mass is 10.1. The maximum Gasteiger partial charge on any atom is 0.211 e. The third kappa shape index (κ3) is 2.58. The first-order chi connectivity index (χ1) is 6.33. The maximum absolute atomic E-state index is 10.3. The van der Waals surface area contributed by atoms with Gasteiger partial charge in [-0.3, -0.25) is 4.79 Å². The van der Waals surface area contributed by atoms with Gasteiger partial charge in [-0.1, -0.05) is 18.7 Å². The third-order valence-electron chi connectivity index (χ3n) is 2.14. The Morgan fingerprint density at radius 3 is 2.62 bits per heavy atom. The van der Waals surface area contributed by atoms with E-state index in [0.717, 1.165) is 5.70 Å². The number of carbonyl (C=O) groups excluding carboxylic acids is 1. The van der Waals surface area contributed by atoms with Crippen molar-refractivity contribution in [1.29, 1.82) is 0 Å². The minimum Gasteiger partial charge on any atom is -0.328 e. The second-order valence-corrected chi connectivity index (χ2v) is 3.10. The van der Waals surface area contributed by atoms with Crippen LogP contribution in [0.4, 0.5) is 0 Å². The average Bonchev–Trinajstić information content (AvgIpc) is 2.90. The molecule has 0 heterocycles. The van der Waals surface area contributed by atoms with Gasteiger partial charge in [0.2, 0.25) is 6.41 Å². The van der Waals surface area contributed by atoms with Crippen molar-refractivity contribution in [2.24, 2.45) is 5.92 Å². The number of carbonyl (C=O) groups is 1. The van der Waals surface area contributed by atoms with Crippen LogP contribution in [0.2, 0.25) is 0 Å². The molecule has 0 radical (unpaired) electrons. The van der Waals surface area contributed by atoms with E-state index in [9.17, 15) is 4.79 Å². The summed E-state index contributed by atoms with van der Waals surface area (Å²) in [5.41, 5.74) is 2.11. The van der Waals surface area contributed by atoms with Crippen molar-refractivity contribution in [2.45, 2.75) is 19.8 Å². The Bertz CT molecular complexity index is 259. The van der Waals surface area contributed by atoms with Crippen molar-refractivity contribution in [3.63, 3.8) is 0 Å². The topological polar surface area (TPSA) is 29.1 Å². The fourth-order valence-electron chi connectivity index (χ4n) is 1.41. The highest BCUT2D eigenvalue weighted by molar-refractivity contribution is 5.55. The number of hydrogen-bond donors (Lipinski definition) is 1. The standard InChI is InChI=1S/C11H15NO/c1-3-5-11(12-8-13)10(4-2)9-6-7-9/h3-5,8-9H,1,6-7H2,2H3,(H,12,13)/b10-4-,11-5+. The van der Waals surface area contributed by atoms with Crippen molar-refractivity contribution in [2.75, 3.05) is 0 Å². The maximum atomic E-state index is 10.3. The van der Waals surface area contributed by atoms with Crippen LogP contribution in [0, 0.1) is 5.92 Å². The summed E-state index contributed by atoms with van der Waals surface area (Å²) in [6, 6.07) is 0. The van der Waals surface area contributed by atoms with Gasteiger partial charge in [-0.15, -0.1) is 0 Å². The molecule has 13 heavy (non-hydrogen) atoms. The monoisotopic (exact) mass is 177 g/mol. The van der Waals surface area contributed by atoms with E-state index in [0.29, 0.717) is 12.3 Å². The molecule has 0 saturated heterocycles. The van der Waals surface area contributed by atoms with Gasteiger partial charge in [-0.25, -0.2) is 0 Å². The van der Waals surface area contributed by atoms with Gasteiger partial charge in [0, 0.05) is 5.70 Å². The lowest BCUT2D eigenvalue weighted by Crippen LogP contribution is -2.13. The average molecular weight is 177 g/mol.